The number of benzene rings is 1. The first kappa shape index (κ1) is 16.1. The summed E-state index contributed by atoms with van der Waals surface area (Å²) in [5.41, 5.74) is 0.479. The van der Waals surface area contributed by atoms with Crippen LogP contribution >= 0.6 is 0 Å². The van der Waals surface area contributed by atoms with Gasteiger partial charge in [-0.2, -0.15) is 0 Å². The molecule has 19 heavy (non-hydrogen) atoms. The summed E-state index contributed by atoms with van der Waals surface area (Å²) < 4.78 is 39.6. The van der Waals surface area contributed by atoms with Gasteiger partial charge in [0.1, 0.15) is 5.82 Å². The third-order valence-electron chi connectivity index (χ3n) is 2.84. The summed E-state index contributed by atoms with van der Waals surface area (Å²) in [7, 11) is -3.32. The zero-order valence-corrected chi connectivity index (χ0v) is 12.7. The van der Waals surface area contributed by atoms with E-state index >= 15 is 0 Å². The first-order chi connectivity index (χ1) is 8.65. The number of nitrogens with one attached hydrogen (secondary N) is 1. The molecule has 0 radical (unpaired) electrons. The Labute approximate surface area is 115 Å². The van der Waals surface area contributed by atoms with Crippen LogP contribution in [0, 0.1) is 11.2 Å². The van der Waals surface area contributed by atoms with Gasteiger partial charge in [-0.25, -0.2) is 17.5 Å². The van der Waals surface area contributed by atoms with Crippen LogP contribution in [-0.4, -0.2) is 14.2 Å². The molecule has 0 aliphatic heterocycles. The summed E-state index contributed by atoms with van der Waals surface area (Å²) in [6.07, 6.45) is 0.565. The minimum absolute atomic E-state index is 0.0980. The van der Waals surface area contributed by atoms with Gasteiger partial charge in [-0.1, -0.05) is 39.8 Å². The predicted molar refractivity (Wildman–Crippen MR) is 75.8 cm³/mol. The van der Waals surface area contributed by atoms with Gasteiger partial charge in [-0.05, 0) is 29.5 Å². The maximum atomic E-state index is 13.0. The van der Waals surface area contributed by atoms with Gasteiger partial charge in [0.2, 0.25) is 10.0 Å². The Bertz CT molecular complexity index is 503. The fraction of sp³-hybridized carbons (Fsp3) is 0.571. The normalized spacial score (nSPS) is 14.4. The van der Waals surface area contributed by atoms with Crippen LogP contribution in [0.25, 0.3) is 0 Å². The Morgan fingerprint density at radius 1 is 1.21 bits per heavy atom. The van der Waals surface area contributed by atoms with Crippen molar-refractivity contribution in [2.45, 2.75) is 40.2 Å². The molecule has 0 saturated heterocycles. The number of sulfonamides is 1. The van der Waals surface area contributed by atoms with E-state index in [0.717, 1.165) is 5.56 Å². The Hall–Kier alpha value is -0.940. The van der Waals surface area contributed by atoms with E-state index in [4.69, 9.17) is 0 Å². The van der Waals surface area contributed by atoms with Crippen LogP contribution in [0.3, 0.4) is 0 Å². The second-order valence-corrected chi connectivity index (χ2v) is 7.66. The van der Waals surface area contributed by atoms with E-state index in [1.54, 1.807) is 12.1 Å². The number of hydrogen-bond donors (Lipinski definition) is 1. The smallest absolute Gasteiger partial charge is 0.212 e. The fourth-order valence-electron chi connectivity index (χ4n) is 1.91. The minimum Gasteiger partial charge on any atom is -0.212 e. The Morgan fingerprint density at radius 3 is 2.16 bits per heavy atom. The second kappa shape index (κ2) is 6.01. The lowest BCUT2D eigenvalue weighted by molar-refractivity contribution is 0.304. The molecule has 1 N–H and O–H groups in total. The molecule has 0 spiro atoms. The fourth-order valence-corrected chi connectivity index (χ4v) is 3.41. The first-order valence-electron chi connectivity index (χ1n) is 6.41. The van der Waals surface area contributed by atoms with Crippen molar-refractivity contribution < 1.29 is 12.8 Å². The van der Waals surface area contributed by atoms with E-state index in [-0.39, 0.29) is 23.0 Å². The molecule has 3 nitrogen and oxygen atoms in total. The lowest BCUT2D eigenvalue weighted by atomic mass is 9.83. The zero-order valence-electron chi connectivity index (χ0n) is 11.9. The molecular weight excluding hydrogens is 265 g/mol. The van der Waals surface area contributed by atoms with E-state index in [9.17, 15) is 12.8 Å². The minimum atomic E-state index is -3.32. The lowest BCUT2D eigenvalue weighted by Crippen LogP contribution is -2.37. The molecular formula is C14H22FNO2S. The largest absolute Gasteiger partial charge is 0.212 e. The quantitative estimate of drug-likeness (QED) is 0.903. The molecule has 0 saturated carbocycles. The van der Waals surface area contributed by atoms with Crippen molar-refractivity contribution in [1.29, 1.82) is 0 Å². The molecule has 0 aliphatic carbocycles. The molecule has 0 heterocycles. The molecule has 5 heteroatoms. The van der Waals surface area contributed by atoms with Crippen molar-refractivity contribution in [3.05, 3.63) is 35.6 Å². The molecule has 0 aromatic heterocycles. The lowest BCUT2D eigenvalue weighted by Gasteiger charge is -2.31. The molecule has 1 aromatic rings. The molecule has 1 atom stereocenters. The van der Waals surface area contributed by atoms with E-state index < -0.39 is 10.0 Å². The average molecular weight is 287 g/mol. The molecule has 1 aromatic carbocycles. The highest BCUT2D eigenvalue weighted by Gasteiger charge is 2.29. The summed E-state index contributed by atoms with van der Waals surface area (Å²) in [5, 5.41) is 0. The van der Waals surface area contributed by atoms with Crippen LogP contribution in [0.4, 0.5) is 4.39 Å². The van der Waals surface area contributed by atoms with Crippen LogP contribution in [0.15, 0.2) is 24.3 Å². The van der Waals surface area contributed by atoms with E-state index in [0.29, 0.717) is 6.42 Å². The Balaban J connectivity index is 3.07. The summed E-state index contributed by atoms with van der Waals surface area (Å²) in [4.78, 5) is 0. The molecule has 0 fully saturated rings. The number of halogens is 1. The third kappa shape index (κ3) is 4.91. The van der Waals surface area contributed by atoms with Gasteiger partial charge in [0.05, 0.1) is 11.8 Å². The van der Waals surface area contributed by atoms with Gasteiger partial charge in [0.15, 0.2) is 0 Å². The summed E-state index contributed by atoms with van der Waals surface area (Å²) in [6.45, 7) is 7.68. The highest BCUT2D eigenvalue weighted by molar-refractivity contribution is 7.89. The molecule has 0 aliphatic rings. The zero-order chi connectivity index (χ0) is 14.7. The summed E-state index contributed by atoms with van der Waals surface area (Å²) in [5.74, 6) is -0.228. The number of hydrogen-bond acceptors (Lipinski definition) is 2. The van der Waals surface area contributed by atoms with Gasteiger partial charge in [0, 0.05) is 0 Å². The maximum absolute atomic E-state index is 13.0. The van der Waals surface area contributed by atoms with Crippen LogP contribution < -0.4 is 4.72 Å². The van der Waals surface area contributed by atoms with E-state index in [1.807, 2.05) is 27.7 Å². The third-order valence-corrected chi connectivity index (χ3v) is 4.38. The Morgan fingerprint density at radius 2 is 1.74 bits per heavy atom. The van der Waals surface area contributed by atoms with Crippen molar-refractivity contribution >= 4 is 10.0 Å². The molecule has 108 valence electrons. The molecule has 0 bridgehead atoms. The van der Waals surface area contributed by atoms with Crippen LogP contribution in [0.2, 0.25) is 0 Å². The van der Waals surface area contributed by atoms with Gasteiger partial charge in [0.25, 0.3) is 0 Å². The van der Waals surface area contributed by atoms with Crippen LogP contribution in [0.5, 0.6) is 0 Å². The first-order valence-corrected chi connectivity index (χ1v) is 8.06. The highest BCUT2D eigenvalue weighted by atomic mass is 32.2. The van der Waals surface area contributed by atoms with Crippen molar-refractivity contribution in [2.24, 2.45) is 5.41 Å². The van der Waals surface area contributed by atoms with Crippen molar-refractivity contribution in [2.75, 3.05) is 5.75 Å². The molecule has 1 unspecified atom stereocenters. The monoisotopic (exact) mass is 287 g/mol. The van der Waals surface area contributed by atoms with Crippen molar-refractivity contribution in [1.82, 2.24) is 4.72 Å². The molecule has 0 amide bonds. The van der Waals surface area contributed by atoms with Crippen molar-refractivity contribution in [3.8, 4) is 0 Å². The SMILES string of the molecule is CCCS(=O)(=O)NC(c1ccc(F)cc1)C(C)(C)C. The standard InChI is InChI=1S/C14H22FNO2S/c1-5-10-19(17,18)16-13(14(2,3)4)11-6-8-12(15)9-7-11/h6-9,13,16H,5,10H2,1-4H3. The Kier molecular flexibility index (Phi) is 5.10. The van der Waals surface area contributed by atoms with Gasteiger partial charge >= 0.3 is 0 Å². The summed E-state index contributed by atoms with van der Waals surface area (Å²) in [6, 6.07) is 5.58. The van der Waals surface area contributed by atoms with Crippen LogP contribution in [-0.2, 0) is 10.0 Å². The van der Waals surface area contributed by atoms with E-state index in [1.165, 1.54) is 12.1 Å². The predicted octanol–water partition coefficient (Wildman–Crippen LogP) is 3.24. The van der Waals surface area contributed by atoms with Gasteiger partial charge in [-0.15, -0.1) is 0 Å². The number of rotatable bonds is 5. The van der Waals surface area contributed by atoms with Crippen LogP contribution in [0.1, 0.15) is 45.7 Å². The van der Waals surface area contributed by atoms with Crippen molar-refractivity contribution in [3.63, 3.8) is 0 Å². The highest BCUT2D eigenvalue weighted by Crippen LogP contribution is 2.33. The second-order valence-electron chi connectivity index (χ2n) is 5.79. The molecule has 1 rings (SSSR count). The topological polar surface area (TPSA) is 46.2 Å². The summed E-state index contributed by atoms with van der Waals surface area (Å²) >= 11 is 0. The van der Waals surface area contributed by atoms with Gasteiger partial charge in [-0.3, -0.25) is 0 Å². The average Bonchev–Trinajstić information content (AvgIpc) is 2.26. The van der Waals surface area contributed by atoms with E-state index in [2.05, 4.69) is 4.72 Å². The van der Waals surface area contributed by atoms with Gasteiger partial charge < -0.3 is 0 Å². The maximum Gasteiger partial charge on any atom is 0.212 e.